The number of nitrogens with two attached hydrogens (primary N) is 1. The summed E-state index contributed by atoms with van der Waals surface area (Å²) in [5.41, 5.74) is 8.89. The van der Waals surface area contributed by atoms with Gasteiger partial charge in [0.15, 0.2) is 0 Å². The Labute approximate surface area is 122 Å². The molecule has 0 atom stereocenters. The van der Waals surface area contributed by atoms with E-state index in [2.05, 4.69) is 10.3 Å². The predicted octanol–water partition coefficient (Wildman–Crippen LogP) is 2.75. The van der Waals surface area contributed by atoms with Gasteiger partial charge in [-0.25, -0.2) is 0 Å². The first-order chi connectivity index (χ1) is 10.3. The number of para-hydroxylation sites is 2. The SMILES string of the molecule is Nc1ccccc1CNC(=O)c1ccnc2ccccc12. The predicted molar refractivity (Wildman–Crippen MR) is 83.8 cm³/mol. The Hall–Kier alpha value is -2.88. The number of nitrogens with zero attached hydrogens (tertiary/aromatic N) is 1. The Morgan fingerprint density at radius 2 is 1.81 bits per heavy atom. The van der Waals surface area contributed by atoms with E-state index in [-0.39, 0.29) is 5.91 Å². The highest BCUT2D eigenvalue weighted by atomic mass is 16.1. The zero-order chi connectivity index (χ0) is 14.7. The highest BCUT2D eigenvalue weighted by Gasteiger charge is 2.10. The molecule has 0 radical (unpaired) electrons. The lowest BCUT2D eigenvalue weighted by Gasteiger charge is -2.09. The van der Waals surface area contributed by atoms with Crippen molar-refractivity contribution in [3.8, 4) is 0 Å². The molecule has 0 aliphatic rings. The van der Waals surface area contributed by atoms with Crippen LogP contribution < -0.4 is 11.1 Å². The summed E-state index contributed by atoms with van der Waals surface area (Å²) in [6.07, 6.45) is 1.65. The van der Waals surface area contributed by atoms with Crippen LogP contribution >= 0.6 is 0 Å². The van der Waals surface area contributed by atoms with Crippen molar-refractivity contribution < 1.29 is 4.79 Å². The van der Waals surface area contributed by atoms with E-state index in [1.54, 1.807) is 12.3 Å². The van der Waals surface area contributed by atoms with Gasteiger partial charge >= 0.3 is 0 Å². The maximum absolute atomic E-state index is 12.4. The maximum atomic E-state index is 12.4. The van der Waals surface area contributed by atoms with E-state index in [0.29, 0.717) is 17.8 Å². The summed E-state index contributed by atoms with van der Waals surface area (Å²) >= 11 is 0. The van der Waals surface area contributed by atoms with Gasteiger partial charge in [-0.3, -0.25) is 9.78 Å². The summed E-state index contributed by atoms with van der Waals surface area (Å²) in [7, 11) is 0. The molecule has 0 bridgehead atoms. The van der Waals surface area contributed by atoms with Gasteiger partial charge in [-0.2, -0.15) is 0 Å². The van der Waals surface area contributed by atoms with Crippen molar-refractivity contribution in [3.05, 3.63) is 71.9 Å². The summed E-state index contributed by atoms with van der Waals surface area (Å²) in [6.45, 7) is 0.405. The van der Waals surface area contributed by atoms with Gasteiger partial charge in [-0.05, 0) is 23.8 Å². The van der Waals surface area contributed by atoms with Crippen molar-refractivity contribution in [1.82, 2.24) is 10.3 Å². The lowest BCUT2D eigenvalue weighted by Crippen LogP contribution is -2.23. The molecule has 4 heteroatoms. The Morgan fingerprint density at radius 3 is 2.67 bits per heavy atom. The zero-order valence-corrected chi connectivity index (χ0v) is 11.4. The highest BCUT2D eigenvalue weighted by Crippen LogP contribution is 2.16. The van der Waals surface area contributed by atoms with Gasteiger partial charge in [0.1, 0.15) is 0 Å². The van der Waals surface area contributed by atoms with E-state index in [4.69, 9.17) is 5.73 Å². The van der Waals surface area contributed by atoms with Crippen molar-refractivity contribution in [2.45, 2.75) is 6.54 Å². The monoisotopic (exact) mass is 277 g/mol. The third-order valence-corrected chi connectivity index (χ3v) is 3.39. The molecule has 0 saturated heterocycles. The third-order valence-electron chi connectivity index (χ3n) is 3.39. The Morgan fingerprint density at radius 1 is 1.05 bits per heavy atom. The number of pyridine rings is 1. The number of nitrogen functional groups attached to an aromatic ring is 1. The summed E-state index contributed by atoms with van der Waals surface area (Å²) in [5, 5.41) is 3.75. The first-order valence-electron chi connectivity index (χ1n) is 6.71. The average molecular weight is 277 g/mol. The van der Waals surface area contributed by atoms with Crippen LogP contribution in [0.4, 0.5) is 5.69 Å². The molecule has 0 unspecified atom stereocenters. The molecule has 0 fully saturated rings. The number of hydrogen-bond donors (Lipinski definition) is 2. The van der Waals surface area contributed by atoms with Gasteiger partial charge in [-0.15, -0.1) is 0 Å². The third kappa shape index (κ3) is 2.69. The molecule has 0 aliphatic heterocycles. The molecule has 104 valence electrons. The molecule has 3 N–H and O–H groups in total. The number of anilines is 1. The highest BCUT2D eigenvalue weighted by molar-refractivity contribution is 6.05. The van der Waals surface area contributed by atoms with Crippen LogP contribution in [-0.2, 0) is 6.54 Å². The number of benzene rings is 2. The minimum Gasteiger partial charge on any atom is -0.398 e. The largest absolute Gasteiger partial charge is 0.398 e. The lowest BCUT2D eigenvalue weighted by atomic mass is 10.1. The fraction of sp³-hybridized carbons (Fsp3) is 0.0588. The van der Waals surface area contributed by atoms with Crippen molar-refractivity contribution in [1.29, 1.82) is 0 Å². The van der Waals surface area contributed by atoms with Crippen LogP contribution in [0.3, 0.4) is 0 Å². The van der Waals surface area contributed by atoms with E-state index in [1.165, 1.54) is 0 Å². The summed E-state index contributed by atoms with van der Waals surface area (Å²) in [6, 6.07) is 16.8. The minimum atomic E-state index is -0.128. The van der Waals surface area contributed by atoms with Crippen LogP contribution in [0, 0.1) is 0 Å². The molecule has 3 rings (SSSR count). The van der Waals surface area contributed by atoms with E-state index in [1.807, 2.05) is 48.5 Å². The fourth-order valence-electron chi connectivity index (χ4n) is 2.26. The van der Waals surface area contributed by atoms with Crippen molar-refractivity contribution in [2.75, 3.05) is 5.73 Å². The normalized spacial score (nSPS) is 10.5. The number of hydrogen-bond acceptors (Lipinski definition) is 3. The molecular formula is C17H15N3O. The van der Waals surface area contributed by atoms with Gasteiger partial charge in [0.05, 0.1) is 11.1 Å². The average Bonchev–Trinajstić information content (AvgIpc) is 2.53. The van der Waals surface area contributed by atoms with Gasteiger partial charge in [-0.1, -0.05) is 36.4 Å². The molecular weight excluding hydrogens is 262 g/mol. The molecule has 21 heavy (non-hydrogen) atoms. The molecule has 0 aliphatic carbocycles. The second-order valence-corrected chi connectivity index (χ2v) is 4.76. The molecule has 0 saturated carbocycles. The lowest BCUT2D eigenvalue weighted by molar-refractivity contribution is 0.0952. The summed E-state index contributed by atoms with van der Waals surface area (Å²) in [5.74, 6) is -0.128. The second kappa shape index (κ2) is 5.63. The summed E-state index contributed by atoms with van der Waals surface area (Å²) < 4.78 is 0. The number of amides is 1. The van der Waals surface area contributed by atoms with E-state index >= 15 is 0 Å². The minimum absolute atomic E-state index is 0.128. The van der Waals surface area contributed by atoms with Crippen LogP contribution in [0.25, 0.3) is 10.9 Å². The molecule has 2 aromatic carbocycles. The number of nitrogens with one attached hydrogen (secondary N) is 1. The van der Waals surface area contributed by atoms with Gasteiger partial charge in [0, 0.05) is 23.8 Å². The molecule has 4 nitrogen and oxygen atoms in total. The number of carbonyl (C=O) groups excluding carboxylic acids is 1. The van der Waals surface area contributed by atoms with Gasteiger partial charge in [0.2, 0.25) is 0 Å². The maximum Gasteiger partial charge on any atom is 0.252 e. The standard InChI is InChI=1S/C17H15N3O/c18-15-7-3-1-5-12(15)11-20-17(21)14-9-10-19-16-8-4-2-6-13(14)16/h1-10H,11,18H2,(H,20,21). The number of aromatic nitrogens is 1. The van der Waals surface area contributed by atoms with Crippen LogP contribution in [0.15, 0.2) is 60.8 Å². The molecule has 1 amide bonds. The Kier molecular flexibility index (Phi) is 3.51. The zero-order valence-electron chi connectivity index (χ0n) is 11.4. The van der Waals surface area contributed by atoms with Crippen molar-refractivity contribution >= 4 is 22.5 Å². The molecule has 1 heterocycles. The van der Waals surface area contributed by atoms with Gasteiger partial charge in [0.25, 0.3) is 5.91 Å². The van der Waals surface area contributed by atoms with E-state index in [9.17, 15) is 4.79 Å². The van der Waals surface area contributed by atoms with Crippen LogP contribution in [0.1, 0.15) is 15.9 Å². The van der Waals surface area contributed by atoms with Crippen LogP contribution in [0.2, 0.25) is 0 Å². The van der Waals surface area contributed by atoms with E-state index < -0.39 is 0 Å². The topological polar surface area (TPSA) is 68.0 Å². The van der Waals surface area contributed by atoms with Crippen LogP contribution in [-0.4, -0.2) is 10.9 Å². The van der Waals surface area contributed by atoms with Gasteiger partial charge < -0.3 is 11.1 Å². The molecule has 3 aromatic rings. The number of rotatable bonds is 3. The number of carbonyl (C=O) groups is 1. The quantitative estimate of drug-likeness (QED) is 0.723. The summed E-state index contributed by atoms with van der Waals surface area (Å²) in [4.78, 5) is 16.6. The Bertz CT molecular complexity index is 793. The first kappa shape index (κ1) is 13.1. The first-order valence-corrected chi connectivity index (χ1v) is 6.71. The second-order valence-electron chi connectivity index (χ2n) is 4.76. The molecule has 1 aromatic heterocycles. The number of fused-ring (bicyclic) bond motifs is 1. The van der Waals surface area contributed by atoms with E-state index in [0.717, 1.165) is 16.5 Å². The smallest absolute Gasteiger partial charge is 0.252 e. The van der Waals surface area contributed by atoms with Crippen molar-refractivity contribution in [3.63, 3.8) is 0 Å². The van der Waals surface area contributed by atoms with Crippen LogP contribution in [0.5, 0.6) is 0 Å². The Balaban J connectivity index is 1.83. The van der Waals surface area contributed by atoms with Crippen molar-refractivity contribution in [2.24, 2.45) is 0 Å². The fourth-order valence-corrected chi connectivity index (χ4v) is 2.26. The molecule has 0 spiro atoms.